The van der Waals surface area contributed by atoms with Crippen molar-refractivity contribution in [1.82, 2.24) is 24.6 Å². The highest BCUT2D eigenvalue weighted by molar-refractivity contribution is 5.93. The molecular weight excluding hydrogens is 356 g/mol. The molecule has 1 aliphatic heterocycles. The third-order valence-corrected chi connectivity index (χ3v) is 5.34. The van der Waals surface area contributed by atoms with Crippen LogP contribution in [0, 0.1) is 0 Å². The Balaban J connectivity index is 1.71. The average molecular weight is 387 g/mol. The first-order valence-electron chi connectivity index (χ1n) is 9.98. The van der Waals surface area contributed by atoms with E-state index in [-0.39, 0.29) is 17.9 Å². The number of piperidine rings is 1. The van der Waals surface area contributed by atoms with Gasteiger partial charge in [-0.05, 0) is 37.9 Å². The van der Waals surface area contributed by atoms with Crippen LogP contribution < -0.4 is 10.6 Å². The highest BCUT2D eigenvalue weighted by Gasteiger charge is 2.28. The number of aromatic nitrogens is 3. The zero-order valence-corrected chi connectivity index (χ0v) is 16.9. The van der Waals surface area contributed by atoms with Crippen LogP contribution in [0.15, 0.2) is 24.4 Å². The van der Waals surface area contributed by atoms with Crippen LogP contribution in [0.3, 0.4) is 0 Å². The molecule has 0 bridgehead atoms. The number of likely N-dealkylation sites (tertiary alicyclic amines) is 1. The topological polar surface area (TPSA) is 84.2 Å². The van der Waals surface area contributed by atoms with Gasteiger partial charge in [-0.1, -0.05) is 13.3 Å². The molecule has 0 aromatic carbocycles. The summed E-state index contributed by atoms with van der Waals surface area (Å²) in [5.41, 5.74) is 1.71. The molecule has 1 unspecified atom stereocenters. The molecule has 1 atom stereocenters. The van der Waals surface area contributed by atoms with Crippen molar-refractivity contribution in [3.8, 4) is 0 Å². The molecule has 2 aromatic heterocycles. The second-order valence-corrected chi connectivity index (χ2v) is 7.25. The van der Waals surface area contributed by atoms with Gasteiger partial charge in [-0.2, -0.15) is 5.10 Å². The van der Waals surface area contributed by atoms with Gasteiger partial charge in [0.25, 0.3) is 5.91 Å². The van der Waals surface area contributed by atoms with Crippen LogP contribution in [0.4, 0.5) is 5.82 Å². The molecule has 8 heteroatoms. The highest BCUT2D eigenvalue weighted by Crippen LogP contribution is 2.31. The molecule has 3 rings (SSSR count). The number of hydrogen-bond acceptors (Lipinski definition) is 4. The Labute approximate surface area is 165 Å². The lowest BCUT2D eigenvalue weighted by Gasteiger charge is -2.35. The van der Waals surface area contributed by atoms with Gasteiger partial charge in [0.15, 0.2) is 0 Å². The first kappa shape index (κ1) is 20.1. The van der Waals surface area contributed by atoms with Gasteiger partial charge in [0.1, 0.15) is 11.5 Å². The maximum absolute atomic E-state index is 12.7. The minimum atomic E-state index is -0.0990. The molecule has 1 fully saturated rings. The summed E-state index contributed by atoms with van der Waals surface area (Å²) in [6.07, 6.45) is 5.84. The lowest BCUT2D eigenvalue weighted by molar-refractivity contribution is -0.118. The van der Waals surface area contributed by atoms with Crippen LogP contribution in [0.2, 0.25) is 0 Å². The smallest absolute Gasteiger partial charge is 0.267 e. The van der Waals surface area contributed by atoms with Crippen LogP contribution in [-0.4, -0.2) is 51.2 Å². The van der Waals surface area contributed by atoms with Crippen molar-refractivity contribution >= 4 is 17.6 Å². The van der Waals surface area contributed by atoms with Crippen molar-refractivity contribution < 1.29 is 9.59 Å². The molecule has 3 heterocycles. The molecule has 0 saturated carbocycles. The van der Waals surface area contributed by atoms with Crippen molar-refractivity contribution in [3.05, 3.63) is 35.8 Å². The van der Waals surface area contributed by atoms with Gasteiger partial charge < -0.3 is 15.2 Å². The summed E-state index contributed by atoms with van der Waals surface area (Å²) in [5.74, 6) is 0.602. The van der Waals surface area contributed by atoms with E-state index in [0.717, 1.165) is 50.3 Å². The number of carbonyl (C=O) groups is 2. The predicted molar refractivity (Wildman–Crippen MR) is 108 cm³/mol. The Morgan fingerprint density at radius 3 is 2.82 bits per heavy atom. The number of amides is 2. The van der Waals surface area contributed by atoms with Gasteiger partial charge in [-0.25, -0.2) is 4.68 Å². The average Bonchev–Trinajstić information content (AvgIpc) is 3.28. The SMILES string of the molecule is CCCn1nccc1NC(=O)CN1CCCCC1c1ccc(C(=O)NC)n1C. The third-order valence-electron chi connectivity index (χ3n) is 5.34. The minimum Gasteiger partial charge on any atom is -0.354 e. The van der Waals surface area contributed by atoms with Gasteiger partial charge in [0.05, 0.1) is 18.8 Å². The molecule has 2 N–H and O–H groups in total. The molecule has 8 nitrogen and oxygen atoms in total. The quantitative estimate of drug-likeness (QED) is 0.764. The van der Waals surface area contributed by atoms with Gasteiger partial charge in [-0.3, -0.25) is 14.5 Å². The van der Waals surface area contributed by atoms with E-state index < -0.39 is 0 Å². The lowest BCUT2D eigenvalue weighted by Crippen LogP contribution is -2.40. The highest BCUT2D eigenvalue weighted by atomic mass is 16.2. The van der Waals surface area contributed by atoms with Crippen LogP contribution >= 0.6 is 0 Å². The summed E-state index contributed by atoms with van der Waals surface area (Å²) in [7, 11) is 3.55. The lowest BCUT2D eigenvalue weighted by atomic mass is 9.99. The number of rotatable bonds is 7. The Morgan fingerprint density at radius 1 is 1.25 bits per heavy atom. The first-order chi connectivity index (χ1) is 13.5. The summed E-state index contributed by atoms with van der Waals surface area (Å²) in [4.78, 5) is 26.9. The minimum absolute atomic E-state index is 0.0366. The Morgan fingerprint density at radius 2 is 2.07 bits per heavy atom. The monoisotopic (exact) mass is 386 g/mol. The number of aryl methyl sites for hydroxylation is 1. The zero-order chi connectivity index (χ0) is 20.1. The maximum atomic E-state index is 12.7. The molecule has 2 amide bonds. The fourth-order valence-corrected chi connectivity index (χ4v) is 3.93. The molecule has 1 aliphatic rings. The van der Waals surface area contributed by atoms with Gasteiger partial charge in [0.2, 0.25) is 5.91 Å². The summed E-state index contributed by atoms with van der Waals surface area (Å²) in [5, 5.41) is 9.92. The van der Waals surface area contributed by atoms with Gasteiger partial charge >= 0.3 is 0 Å². The van der Waals surface area contributed by atoms with Crippen molar-refractivity contribution in [2.45, 2.75) is 45.2 Å². The summed E-state index contributed by atoms with van der Waals surface area (Å²) >= 11 is 0. The molecule has 0 aliphatic carbocycles. The van der Waals surface area contributed by atoms with E-state index in [1.165, 1.54) is 0 Å². The van der Waals surface area contributed by atoms with Crippen LogP contribution in [0.5, 0.6) is 0 Å². The summed E-state index contributed by atoms with van der Waals surface area (Å²) in [6.45, 7) is 4.05. The first-order valence-corrected chi connectivity index (χ1v) is 9.98. The largest absolute Gasteiger partial charge is 0.354 e. The van der Waals surface area contributed by atoms with E-state index in [1.807, 2.05) is 34.5 Å². The molecule has 152 valence electrons. The van der Waals surface area contributed by atoms with Crippen molar-refractivity contribution in [2.75, 3.05) is 25.5 Å². The maximum Gasteiger partial charge on any atom is 0.267 e. The Kier molecular flexibility index (Phi) is 6.51. The fraction of sp³-hybridized carbons (Fsp3) is 0.550. The van der Waals surface area contributed by atoms with Gasteiger partial charge in [0, 0.05) is 32.4 Å². The van der Waals surface area contributed by atoms with E-state index >= 15 is 0 Å². The zero-order valence-electron chi connectivity index (χ0n) is 16.9. The summed E-state index contributed by atoms with van der Waals surface area (Å²) < 4.78 is 3.76. The van der Waals surface area contributed by atoms with Crippen molar-refractivity contribution in [1.29, 1.82) is 0 Å². The number of nitrogens with one attached hydrogen (secondary N) is 2. The van der Waals surface area contributed by atoms with E-state index in [9.17, 15) is 9.59 Å². The van der Waals surface area contributed by atoms with Gasteiger partial charge in [-0.15, -0.1) is 0 Å². The summed E-state index contributed by atoms with van der Waals surface area (Å²) in [6, 6.07) is 5.81. The van der Waals surface area contributed by atoms with Crippen LogP contribution in [-0.2, 0) is 18.4 Å². The molecule has 1 saturated heterocycles. The molecule has 28 heavy (non-hydrogen) atoms. The predicted octanol–water partition coefficient (Wildman–Crippen LogP) is 2.16. The normalized spacial score (nSPS) is 17.5. The van der Waals surface area contributed by atoms with Crippen molar-refractivity contribution in [2.24, 2.45) is 7.05 Å². The fourth-order valence-electron chi connectivity index (χ4n) is 3.93. The number of carbonyl (C=O) groups excluding carboxylic acids is 2. The van der Waals surface area contributed by atoms with E-state index in [4.69, 9.17) is 0 Å². The third kappa shape index (κ3) is 4.27. The molecule has 2 aromatic rings. The van der Waals surface area contributed by atoms with E-state index in [2.05, 4.69) is 27.6 Å². The van der Waals surface area contributed by atoms with Crippen molar-refractivity contribution in [3.63, 3.8) is 0 Å². The number of hydrogen-bond donors (Lipinski definition) is 2. The molecule has 0 spiro atoms. The molecular formula is C20H30N6O2. The Bertz CT molecular complexity index is 825. The van der Waals surface area contributed by atoms with E-state index in [1.54, 1.807) is 13.2 Å². The van der Waals surface area contributed by atoms with E-state index in [0.29, 0.717) is 12.2 Å². The number of nitrogens with zero attached hydrogens (tertiary/aromatic N) is 4. The molecule has 0 radical (unpaired) electrons. The second-order valence-electron chi connectivity index (χ2n) is 7.25. The van der Waals surface area contributed by atoms with Crippen LogP contribution in [0.25, 0.3) is 0 Å². The number of anilines is 1. The van der Waals surface area contributed by atoms with Crippen LogP contribution in [0.1, 0.15) is 54.8 Å². The Hall–Kier alpha value is -2.61. The second kappa shape index (κ2) is 9.05. The standard InChI is InChI=1S/C20H30N6O2/c1-4-12-26-18(10-11-22-26)23-19(27)14-25-13-6-5-7-16(25)15-8-9-17(24(15)3)20(28)21-2/h8-11,16H,4-7,12-14H2,1-3H3,(H,21,28)(H,23,27).